The first-order chi connectivity index (χ1) is 10.1. The number of nitrogens with zero attached hydrogens (tertiary/aromatic N) is 2. The van der Waals surface area contributed by atoms with Crippen LogP contribution in [0.3, 0.4) is 0 Å². The zero-order valence-corrected chi connectivity index (χ0v) is 14.1. The standard InChI is InChI=1S/C7H9NO.C6H6FN.2C2H6/c1-6-4-3-5-7(8-6)9-2;1-5-2-3-6(7)4-8-5;2*1-2/h3-5H,1-2H3;2-4H,1H3;2*1-2H3. The molecule has 0 aromatic carbocycles. The number of ether oxygens (including phenoxy) is 1. The number of hydrogen-bond donors (Lipinski definition) is 0. The van der Waals surface area contributed by atoms with E-state index in [1.165, 1.54) is 12.3 Å². The van der Waals surface area contributed by atoms with Crippen molar-refractivity contribution in [3.05, 3.63) is 53.7 Å². The van der Waals surface area contributed by atoms with Crippen LogP contribution in [-0.4, -0.2) is 17.1 Å². The lowest BCUT2D eigenvalue weighted by molar-refractivity contribution is 0.397. The molecule has 0 aliphatic heterocycles. The van der Waals surface area contributed by atoms with Crippen LogP contribution in [0.1, 0.15) is 39.1 Å². The van der Waals surface area contributed by atoms with Crippen molar-refractivity contribution >= 4 is 0 Å². The summed E-state index contributed by atoms with van der Waals surface area (Å²) in [4.78, 5) is 7.77. The van der Waals surface area contributed by atoms with Gasteiger partial charge in [0.25, 0.3) is 0 Å². The van der Waals surface area contributed by atoms with Gasteiger partial charge in [-0.15, -0.1) is 0 Å². The van der Waals surface area contributed by atoms with Gasteiger partial charge in [0.05, 0.1) is 13.3 Å². The third kappa shape index (κ3) is 11.5. The molecule has 118 valence electrons. The maximum absolute atomic E-state index is 12.0. The average molecular weight is 294 g/mol. The number of rotatable bonds is 1. The number of aromatic nitrogens is 2. The van der Waals surface area contributed by atoms with Crippen molar-refractivity contribution in [2.24, 2.45) is 0 Å². The molecule has 2 aromatic rings. The molecule has 4 heteroatoms. The summed E-state index contributed by atoms with van der Waals surface area (Å²) in [5.74, 6) is 0.394. The minimum atomic E-state index is -0.282. The average Bonchev–Trinajstić information content (AvgIpc) is 2.55. The quantitative estimate of drug-likeness (QED) is 0.744. The van der Waals surface area contributed by atoms with Crippen LogP contribution in [0.4, 0.5) is 4.39 Å². The Morgan fingerprint density at radius 1 is 0.905 bits per heavy atom. The molecule has 0 N–H and O–H groups in total. The molecule has 21 heavy (non-hydrogen) atoms. The second-order valence-electron chi connectivity index (χ2n) is 3.44. The van der Waals surface area contributed by atoms with Crippen molar-refractivity contribution in [1.82, 2.24) is 9.97 Å². The molecule has 0 saturated heterocycles. The van der Waals surface area contributed by atoms with Gasteiger partial charge in [0, 0.05) is 17.5 Å². The van der Waals surface area contributed by atoms with E-state index in [0.717, 1.165) is 11.4 Å². The Morgan fingerprint density at radius 2 is 1.52 bits per heavy atom. The van der Waals surface area contributed by atoms with Crippen LogP contribution in [0.15, 0.2) is 36.5 Å². The zero-order chi connectivity index (χ0) is 16.7. The molecule has 3 nitrogen and oxygen atoms in total. The normalized spacial score (nSPS) is 8.00. The van der Waals surface area contributed by atoms with Crippen molar-refractivity contribution in [1.29, 1.82) is 0 Å². The van der Waals surface area contributed by atoms with Gasteiger partial charge in [0.1, 0.15) is 5.82 Å². The predicted molar refractivity (Wildman–Crippen MR) is 87.2 cm³/mol. The van der Waals surface area contributed by atoms with Gasteiger partial charge in [-0.25, -0.2) is 9.37 Å². The number of pyridine rings is 2. The second kappa shape index (κ2) is 14.4. The van der Waals surface area contributed by atoms with Crippen molar-refractivity contribution in [3.63, 3.8) is 0 Å². The monoisotopic (exact) mass is 294 g/mol. The Hall–Kier alpha value is -1.97. The molecule has 0 fully saturated rings. The Balaban J connectivity index is 0. The van der Waals surface area contributed by atoms with Crippen molar-refractivity contribution in [2.45, 2.75) is 41.5 Å². The highest BCUT2D eigenvalue weighted by molar-refractivity contribution is 5.14. The van der Waals surface area contributed by atoms with E-state index in [4.69, 9.17) is 4.74 Å². The number of methoxy groups -OCH3 is 1. The molecule has 0 unspecified atom stereocenters. The van der Waals surface area contributed by atoms with Gasteiger partial charge in [0.2, 0.25) is 5.88 Å². The Labute approximate surface area is 128 Å². The third-order valence-electron chi connectivity index (χ3n) is 1.95. The minimum Gasteiger partial charge on any atom is -0.481 e. The van der Waals surface area contributed by atoms with E-state index in [9.17, 15) is 4.39 Å². The molecule has 0 aliphatic rings. The Kier molecular flexibility index (Phi) is 14.7. The topological polar surface area (TPSA) is 35.0 Å². The molecular weight excluding hydrogens is 267 g/mol. The van der Waals surface area contributed by atoms with Crippen LogP contribution in [0.5, 0.6) is 5.88 Å². The lowest BCUT2D eigenvalue weighted by Gasteiger charge is -1.96. The summed E-state index contributed by atoms with van der Waals surface area (Å²) in [7, 11) is 1.61. The molecule has 0 atom stereocenters. The predicted octanol–water partition coefficient (Wildman–Crippen LogP) is 4.98. The second-order valence-corrected chi connectivity index (χ2v) is 3.44. The van der Waals surface area contributed by atoms with Crippen LogP contribution in [0.25, 0.3) is 0 Å². The summed E-state index contributed by atoms with van der Waals surface area (Å²) in [6, 6.07) is 8.70. The lowest BCUT2D eigenvalue weighted by atomic mass is 10.4. The van der Waals surface area contributed by atoms with E-state index < -0.39 is 0 Å². The maximum Gasteiger partial charge on any atom is 0.213 e. The van der Waals surface area contributed by atoms with Gasteiger partial charge >= 0.3 is 0 Å². The van der Waals surface area contributed by atoms with E-state index in [1.54, 1.807) is 13.2 Å². The fraction of sp³-hybridized carbons (Fsp3) is 0.412. The van der Waals surface area contributed by atoms with Crippen molar-refractivity contribution < 1.29 is 9.13 Å². The van der Waals surface area contributed by atoms with Gasteiger partial charge in [-0.05, 0) is 32.0 Å². The smallest absolute Gasteiger partial charge is 0.213 e. The first kappa shape index (κ1) is 21.3. The SMILES string of the molecule is CC.CC.COc1cccc(C)n1.Cc1ccc(F)cn1. The van der Waals surface area contributed by atoms with Gasteiger partial charge in [-0.3, -0.25) is 4.98 Å². The van der Waals surface area contributed by atoms with E-state index >= 15 is 0 Å². The summed E-state index contributed by atoms with van der Waals surface area (Å²) in [5.41, 5.74) is 1.82. The lowest BCUT2D eigenvalue weighted by Crippen LogP contribution is -1.87. The molecule has 0 spiro atoms. The van der Waals surface area contributed by atoms with E-state index in [0.29, 0.717) is 5.88 Å². The fourth-order valence-corrected chi connectivity index (χ4v) is 1.08. The van der Waals surface area contributed by atoms with E-state index in [-0.39, 0.29) is 5.82 Å². The first-order valence-corrected chi connectivity index (χ1v) is 7.17. The molecule has 2 aromatic heterocycles. The molecule has 0 amide bonds. The fourth-order valence-electron chi connectivity index (χ4n) is 1.08. The highest BCUT2D eigenvalue weighted by Crippen LogP contribution is 2.04. The number of hydrogen-bond acceptors (Lipinski definition) is 3. The summed E-state index contributed by atoms with van der Waals surface area (Å²) >= 11 is 0. The zero-order valence-electron chi connectivity index (χ0n) is 14.1. The molecule has 2 rings (SSSR count). The Bertz CT molecular complexity index is 438. The summed E-state index contributed by atoms with van der Waals surface area (Å²) in [6.07, 6.45) is 1.20. The highest BCUT2D eigenvalue weighted by atomic mass is 19.1. The molecule has 0 saturated carbocycles. The largest absolute Gasteiger partial charge is 0.481 e. The maximum atomic E-state index is 12.0. The molecule has 0 radical (unpaired) electrons. The van der Waals surface area contributed by atoms with Crippen LogP contribution in [0.2, 0.25) is 0 Å². The van der Waals surface area contributed by atoms with Gasteiger partial charge in [-0.2, -0.15) is 0 Å². The first-order valence-electron chi connectivity index (χ1n) is 7.17. The van der Waals surface area contributed by atoms with Crippen molar-refractivity contribution in [3.8, 4) is 5.88 Å². The van der Waals surface area contributed by atoms with Crippen LogP contribution in [0, 0.1) is 19.7 Å². The summed E-state index contributed by atoms with van der Waals surface area (Å²) < 4.78 is 16.9. The number of aryl methyl sites for hydroxylation is 2. The van der Waals surface area contributed by atoms with Crippen LogP contribution < -0.4 is 4.74 Å². The Morgan fingerprint density at radius 3 is 1.86 bits per heavy atom. The van der Waals surface area contributed by atoms with E-state index in [2.05, 4.69) is 9.97 Å². The molecule has 0 bridgehead atoms. The minimum absolute atomic E-state index is 0.282. The number of halogens is 1. The van der Waals surface area contributed by atoms with Crippen LogP contribution in [-0.2, 0) is 0 Å². The summed E-state index contributed by atoms with van der Waals surface area (Å²) in [5, 5.41) is 0. The van der Waals surface area contributed by atoms with Crippen molar-refractivity contribution in [2.75, 3.05) is 7.11 Å². The van der Waals surface area contributed by atoms with E-state index in [1.807, 2.05) is 59.7 Å². The molecular formula is C17H27FN2O. The van der Waals surface area contributed by atoms with Crippen LogP contribution >= 0.6 is 0 Å². The molecule has 0 aliphatic carbocycles. The van der Waals surface area contributed by atoms with Gasteiger partial charge in [0.15, 0.2) is 0 Å². The van der Waals surface area contributed by atoms with Gasteiger partial charge in [-0.1, -0.05) is 33.8 Å². The third-order valence-corrected chi connectivity index (χ3v) is 1.95. The summed E-state index contributed by atoms with van der Waals surface area (Å²) in [6.45, 7) is 11.8. The highest BCUT2D eigenvalue weighted by Gasteiger charge is 1.88. The van der Waals surface area contributed by atoms with Gasteiger partial charge < -0.3 is 4.74 Å². The molecule has 2 heterocycles.